The van der Waals surface area contributed by atoms with Crippen LogP contribution in [0.2, 0.25) is 0 Å². The first-order chi connectivity index (χ1) is 8.49. The largest absolute Gasteiger partial charge is 0.337 e. The summed E-state index contributed by atoms with van der Waals surface area (Å²) in [6.07, 6.45) is 0. The van der Waals surface area contributed by atoms with E-state index in [1.54, 1.807) is 0 Å². The molecule has 0 bridgehead atoms. The molecule has 0 unspecified atom stereocenters. The topological polar surface area (TPSA) is 64.9 Å². The van der Waals surface area contributed by atoms with Crippen LogP contribution in [0, 0.1) is 12.8 Å². The molecule has 0 aliphatic carbocycles. The zero-order valence-corrected chi connectivity index (χ0v) is 12.2. The lowest BCUT2D eigenvalue weighted by atomic mass is 10.1. The van der Waals surface area contributed by atoms with Gasteiger partial charge in [0.15, 0.2) is 0 Å². The standard InChI is InChI=1S/C13H16BrN3O/c1-7(2)11(15)13-16-12(17-18-13)9-5-4-8(3)6-10(9)14/h4-7,11H,15H2,1-3H3/t11-/m1/s1. The summed E-state index contributed by atoms with van der Waals surface area (Å²) < 4.78 is 6.17. The Kier molecular flexibility index (Phi) is 3.82. The van der Waals surface area contributed by atoms with Gasteiger partial charge in [0.1, 0.15) is 0 Å². The third kappa shape index (κ3) is 2.62. The maximum absolute atomic E-state index is 5.98. The third-order valence-electron chi connectivity index (χ3n) is 2.81. The van der Waals surface area contributed by atoms with E-state index in [1.165, 1.54) is 5.56 Å². The molecule has 2 aromatic rings. The van der Waals surface area contributed by atoms with Gasteiger partial charge in [0.05, 0.1) is 6.04 Å². The molecule has 0 saturated carbocycles. The molecule has 1 heterocycles. The molecule has 2 rings (SSSR count). The highest BCUT2D eigenvalue weighted by Crippen LogP contribution is 2.28. The number of aromatic nitrogens is 2. The summed E-state index contributed by atoms with van der Waals surface area (Å²) in [6, 6.07) is 5.77. The fraction of sp³-hybridized carbons (Fsp3) is 0.385. The second kappa shape index (κ2) is 5.20. The molecule has 2 N–H and O–H groups in total. The molecule has 1 aromatic carbocycles. The van der Waals surface area contributed by atoms with E-state index in [0.29, 0.717) is 11.7 Å². The van der Waals surface area contributed by atoms with Gasteiger partial charge in [-0.05, 0) is 30.5 Å². The van der Waals surface area contributed by atoms with Crippen LogP contribution < -0.4 is 5.73 Å². The van der Waals surface area contributed by atoms with Crippen LogP contribution in [0.1, 0.15) is 31.3 Å². The van der Waals surface area contributed by atoms with E-state index in [4.69, 9.17) is 10.3 Å². The molecule has 0 amide bonds. The van der Waals surface area contributed by atoms with Gasteiger partial charge in [0.2, 0.25) is 11.7 Å². The van der Waals surface area contributed by atoms with Crippen molar-refractivity contribution in [2.45, 2.75) is 26.8 Å². The summed E-state index contributed by atoms with van der Waals surface area (Å²) in [7, 11) is 0. The van der Waals surface area contributed by atoms with E-state index in [9.17, 15) is 0 Å². The maximum Gasteiger partial charge on any atom is 0.244 e. The first kappa shape index (κ1) is 13.2. The number of rotatable bonds is 3. The van der Waals surface area contributed by atoms with Gasteiger partial charge in [-0.1, -0.05) is 41.0 Å². The third-order valence-corrected chi connectivity index (χ3v) is 3.47. The Balaban J connectivity index is 2.35. The lowest BCUT2D eigenvalue weighted by Gasteiger charge is -2.09. The van der Waals surface area contributed by atoms with E-state index in [0.717, 1.165) is 10.0 Å². The minimum Gasteiger partial charge on any atom is -0.337 e. The first-order valence-corrected chi connectivity index (χ1v) is 6.64. The molecule has 0 saturated heterocycles. The van der Waals surface area contributed by atoms with Crippen molar-refractivity contribution in [1.29, 1.82) is 0 Å². The zero-order chi connectivity index (χ0) is 13.3. The maximum atomic E-state index is 5.98. The van der Waals surface area contributed by atoms with Gasteiger partial charge < -0.3 is 10.3 Å². The van der Waals surface area contributed by atoms with Crippen LogP contribution >= 0.6 is 15.9 Å². The molecule has 96 valence electrons. The summed E-state index contributed by atoms with van der Waals surface area (Å²) in [5, 5.41) is 3.98. The van der Waals surface area contributed by atoms with Crippen LogP contribution in [0.15, 0.2) is 27.2 Å². The molecule has 18 heavy (non-hydrogen) atoms. The Morgan fingerprint density at radius 3 is 2.67 bits per heavy atom. The van der Waals surface area contributed by atoms with Crippen LogP contribution in [0.5, 0.6) is 0 Å². The highest BCUT2D eigenvalue weighted by Gasteiger charge is 2.19. The van der Waals surface area contributed by atoms with E-state index < -0.39 is 0 Å². The lowest BCUT2D eigenvalue weighted by molar-refractivity contribution is 0.325. The van der Waals surface area contributed by atoms with Gasteiger partial charge in [-0.3, -0.25) is 0 Å². The van der Waals surface area contributed by atoms with E-state index in [2.05, 4.69) is 26.1 Å². The van der Waals surface area contributed by atoms with Gasteiger partial charge in [0, 0.05) is 10.0 Å². The molecular weight excluding hydrogens is 294 g/mol. The van der Waals surface area contributed by atoms with Gasteiger partial charge in [-0.25, -0.2) is 0 Å². The van der Waals surface area contributed by atoms with Gasteiger partial charge >= 0.3 is 0 Å². The zero-order valence-electron chi connectivity index (χ0n) is 10.6. The fourth-order valence-electron chi connectivity index (χ4n) is 1.57. The van der Waals surface area contributed by atoms with Crippen LogP contribution in [0.4, 0.5) is 0 Å². The van der Waals surface area contributed by atoms with Crippen molar-refractivity contribution in [2.75, 3.05) is 0 Å². The van der Waals surface area contributed by atoms with Gasteiger partial charge in [0.25, 0.3) is 0 Å². The molecule has 0 spiro atoms. The van der Waals surface area contributed by atoms with Crippen LogP contribution in [-0.4, -0.2) is 10.1 Å². The SMILES string of the molecule is Cc1ccc(-c2noc([C@H](N)C(C)C)n2)c(Br)c1. The summed E-state index contributed by atoms with van der Waals surface area (Å²) in [6.45, 7) is 6.08. The molecular formula is C13H16BrN3O. The molecule has 1 aromatic heterocycles. The van der Waals surface area contributed by atoms with Crippen molar-refractivity contribution in [2.24, 2.45) is 11.7 Å². The quantitative estimate of drug-likeness (QED) is 0.943. The highest BCUT2D eigenvalue weighted by atomic mass is 79.9. The molecule has 0 fully saturated rings. The van der Waals surface area contributed by atoms with Crippen molar-refractivity contribution in [3.8, 4) is 11.4 Å². The molecule has 5 heteroatoms. The Labute approximate surface area is 115 Å². The number of hydrogen-bond acceptors (Lipinski definition) is 4. The number of halogens is 1. The van der Waals surface area contributed by atoms with Crippen LogP contribution in [-0.2, 0) is 0 Å². The lowest BCUT2D eigenvalue weighted by Crippen LogP contribution is -2.16. The minimum absolute atomic E-state index is 0.226. The fourth-order valence-corrected chi connectivity index (χ4v) is 2.24. The van der Waals surface area contributed by atoms with E-state index in [-0.39, 0.29) is 12.0 Å². The molecule has 4 nitrogen and oxygen atoms in total. The minimum atomic E-state index is -0.226. The second-order valence-corrected chi connectivity index (χ2v) is 5.56. The van der Waals surface area contributed by atoms with Crippen molar-refractivity contribution in [1.82, 2.24) is 10.1 Å². The Bertz CT molecular complexity index is 551. The normalized spacial score (nSPS) is 13.0. The number of nitrogens with zero attached hydrogens (tertiary/aromatic N) is 2. The second-order valence-electron chi connectivity index (χ2n) is 4.71. The number of hydrogen-bond donors (Lipinski definition) is 1. The molecule has 0 aliphatic heterocycles. The summed E-state index contributed by atoms with van der Waals surface area (Å²) in [5.74, 6) is 1.31. The van der Waals surface area contributed by atoms with Gasteiger partial charge in [-0.2, -0.15) is 4.98 Å². The van der Waals surface area contributed by atoms with Crippen LogP contribution in [0.3, 0.4) is 0 Å². The Morgan fingerprint density at radius 2 is 2.06 bits per heavy atom. The van der Waals surface area contributed by atoms with Gasteiger partial charge in [-0.15, -0.1) is 0 Å². The molecule has 1 atom stereocenters. The number of benzene rings is 1. The smallest absolute Gasteiger partial charge is 0.244 e. The summed E-state index contributed by atoms with van der Waals surface area (Å²) in [5.41, 5.74) is 8.07. The Morgan fingerprint density at radius 1 is 1.33 bits per heavy atom. The molecule has 0 aliphatic rings. The number of nitrogens with two attached hydrogens (primary N) is 1. The van der Waals surface area contributed by atoms with E-state index in [1.807, 2.05) is 39.0 Å². The van der Waals surface area contributed by atoms with Crippen molar-refractivity contribution < 1.29 is 4.52 Å². The predicted octanol–water partition coefficient (Wildman–Crippen LogP) is 3.46. The van der Waals surface area contributed by atoms with Crippen LogP contribution in [0.25, 0.3) is 11.4 Å². The predicted molar refractivity (Wildman–Crippen MR) is 73.9 cm³/mol. The Hall–Kier alpha value is -1.20. The van der Waals surface area contributed by atoms with Crippen molar-refractivity contribution in [3.05, 3.63) is 34.1 Å². The average molecular weight is 310 g/mol. The highest BCUT2D eigenvalue weighted by molar-refractivity contribution is 9.10. The summed E-state index contributed by atoms with van der Waals surface area (Å²) in [4.78, 5) is 4.36. The molecule has 0 radical (unpaired) electrons. The monoisotopic (exact) mass is 309 g/mol. The summed E-state index contributed by atoms with van der Waals surface area (Å²) >= 11 is 3.51. The van der Waals surface area contributed by atoms with Crippen molar-refractivity contribution >= 4 is 15.9 Å². The first-order valence-electron chi connectivity index (χ1n) is 5.84. The average Bonchev–Trinajstić information content (AvgIpc) is 2.77. The van der Waals surface area contributed by atoms with E-state index >= 15 is 0 Å². The number of aryl methyl sites for hydroxylation is 1. The van der Waals surface area contributed by atoms with Crippen molar-refractivity contribution in [3.63, 3.8) is 0 Å².